The van der Waals surface area contributed by atoms with Gasteiger partial charge in [0.1, 0.15) is 5.75 Å². The molecule has 1 aromatic heterocycles. The Bertz CT molecular complexity index is 811. The highest BCUT2D eigenvalue weighted by Crippen LogP contribution is 2.15. The number of amides is 2. The molecule has 0 saturated carbocycles. The summed E-state index contributed by atoms with van der Waals surface area (Å²) >= 11 is 0. The van der Waals surface area contributed by atoms with Crippen molar-refractivity contribution in [3.63, 3.8) is 0 Å². The molecule has 1 fully saturated rings. The summed E-state index contributed by atoms with van der Waals surface area (Å²) in [7, 11) is 0. The molecule has 27 heavy (non-hydrogen) atoms. The molecular weight excluding hydrogens is 342 g/mol. The topological polar surface area (TPSA) is 65.6 Å². The Morgan fingerprint density at radius 3 is 2.33 bits per heavy atom. The van der Waals surface area contributed by atoms with Crippen LogP contribution in [0.3, 0.4) is 0 Å². The van der Waals surface area contributed by atoms with E-state index in [0.29, 0.717) is 31.9 Å². The van der Waals surface area contributed by atoms with Gasteiger partial charge in [0.2, 0.25) is 0 Å². The Hall–Kier alpha value is -2.76. The van der Waals surface area contributed by atoms with Crippen molar-refractivity contribution in [3.8, 4) is 5.75 Å². The molecule has 1 aromatic carbocycles. The van der Waals surface area contributed by atoms with E-state index in [2.05, 4.69) is 4.98 Å². The van der Waals surface area contributed by atoms with Gasteiger partial charge < -0.3 is 19.5 Å². The highest BCUT2D eigenvalue weighted by Gasteiger charge is 2.24. The van der Waals surface area contributed by atoms with E-state index in [-0.39, 0.29) is 18.4 Å². The van der Waals surface area contributed by atoms with Gasteiger partial charge in [0.25, 0.3) is 11.8 Å². The Balaban J connectivity index is 1.54. The third kappa shape index (κ3) is 4.70. The third-order valence-electron chi connectivity index (χ3n) is 4.90. The summed E-state index contributed by atoms with van der Waals surface area (Å²) in [6.07, 6.45) is 0.768. The van der Waals surface area contributed by atoms with Crippen molar-refractivity contribution >= 4 is 11.8 Å². The van der Waals surface area contributed by atoms with Gasteiger partial charge in [0.05, 0.1) is 5.56 Å². The number of nitrogens with zero attached hydrogens (tertiary/aromatic N) is 2. The monoisotopic (exact) mass is 369 g/mol. The van der Waals surface area contributed by atoms with Crippen molar-refractivity contribution in [2.24, 2.45) is 0 Å². The van der Waals surface area contributed by atoms with E-state index in [1.807, 2.05) is 56.0 Å². The van der Waals surface area contributed by atoms with Crippen LogP contribution in [0.1, 0.15) is 33.7 Å². The Labute approximate surface area is 160 Å². The molecule has 1 aliphatic heterocycles. The summed E-state index contributed by atoms with van der Waals surface area (Å²) < 4.78 is 5.60. The van der Waals surface area contributed by atoms with E-state index in [1.165, 1.54) is 0 Å². The summed E-state index contributed by atoms with van der Waals surface area (Å²) in [5.41, 5.74) is 3.74. The van der Waals surface area contributed by atoms with E-state index >= 15 is 0 Å². The number of carbonyl (C=O) groups excluding carboxylic acids is 2. The second-order valence-corrected chi connectivity index (χ2v) is 7.12. The standard InChI is InChI=1S/C21H27N3O3/c1-15-5-7-18(8-6-15)27-14-20(25)23-9-4-10-24(12-11-23)21(26)19-13-16(2)22-17(19)3/h5-8,13,22H,4,9-12,14H2,1-3H3. The maximum atomic E-state index is 12.8. The van der Waals surface area contributed by atoms with Gasteiger partial charge >= 0.3 is 0 Å². The summed E-state index contributed by atoms with van der Waals surface area (Å²) in [6, 6.07) is 9.54. The SMILES string of the molecule is Cc1ccc(OCC(=O)N2CCCN(C(=O)c3cc(C)[nH]c3C)CC2)cc1. The molecule has 144 valence electrons. The smallest absolute Gasteiger partial charge is 0.260 e. The molecule has 0 atom stereocenters. The summed E-state index contributed by atoms with van der Waals surface area (Å²) in [6.45, 7) is 8.26. The summed E-state index contributed by atoms with van der Waals surface area (Å²) in [5.74, 6) is 0.680. The Morgan fingerprint density at radius 1 is 1.00 bits per heavy atom. The third-order valence-corrected chi connectivity index (χ3v) is 4.90. The predicted molar refractivity (Wildman–Crippen MR) is 104 cm³/mol. The van der Waals surface area contributed by atoms with E-state index in [9.17, 15) is 9.59 Å². The van der Waals surface area contributed by atoms with Gasteiger partial charge in [-0.25, -0.2) is 0 Å². The van der Waals surface area contributed by atoms with Gasteiger partial charge in [0, 0.05) is 37.6 Å². The Morgan fingerprint density at radius 2 is 1.67 bits per heavy atom. The van der Waals surface area contributed by atoms with Crippen molar-refractivity contribution < 1.29 is 14.3 Å². The lowest BCUT2D eigenvalue weighted by molar-refractivity contribution is -0.133. The van der Waals surface area contributed by atoms with Gasteiger partial charge in [-0.2, -0.15) is 0 Å². The zero-order chi connectivity index (χ0) is 19.4. The highest BCUT2D eigenvalue weighted by atomic mass is 16.5. The average molecular weight is 369 g/mol. The van der Waals surface area contributed by atoms with E-state index in [4.69, 9.17) is 4.74 Å². The molecule has 3 rings (SSSR count). The molecule has 0 radical (unpaired) electrons. The van der Waals surface area contributed by atoms with Crippen LogP contribution in [0.15, 0.2) is 30.3 Å². The van der Waals surface area contributed by atoms with Crippen molar-refractivity contribution in [3.05, 3.63) is 52.8 Å². The zero-order valence-electron chi connectivity index (χ0n) is 16.2. The van der Waals surface area contributed by atoms with Gasteiger partial charge in [-0.3, -0.25) is 9.59 Å². The van der Waals surface area contributed by atoms with Crippen LogP contribution in [0.2, 0.25) is 0 Å². The molecule has 0 unspecified atom stereocenters. The number of hydrogen-bond donors (Lipinski definition) is 1. The molecular formula is C21H27N3O3. The van der Waals surface area contributed by atoms with E-state index in [1.54, 1.807) is 4.90 Å². The van der Waals surface area contributed by atoms with Crippen LogP contribution in [0.5, 0.6) is 5.75 Å². The lowest BCUT2D eigenvalue weighted by Gasteiger charge is -2.22. The number of ether oxygens (including phenoxy) is 1. The fraction of sp³-hybridized carbons (Fsp3) is 0.429. The predicted octanol–water partition coefficient (Wildman–Crippen LogP) is 2.69. The number of hydrogen-bond acceptors (Lipinski definition) is 3. The van der Waals surface area contributed by atoms with Crippen LogP contribution in [-0.4, -0.2) is 59.4 Å². The van der Waals surface area contributed by atoms with Crippen molar-refractivity contribution in [1.82, 2.24) is 14.8 Å². The van der Waals surface area contributed by atoms with Gasteiger partial charge in [-0.15, -0.1) is 0 Å². The number of aromatic nitrogens is 1. The van der Waals surface area contributed by atoms with Crippen molar-refractivity contribution in [1.29, 1.82) is 0 Å². The lowest BCUT2D eigenvalue weighted by atomic mass is 10.2. The first kappa shape index (κ1) is 19.0. The minimum atomic E-state index is -0.0430. The normalized spacial score (nSPS) is 14.8. The molecule has 1 saturated heterocycles. The number of benzene rings is 1. The number of H-pyrrole nitrogens is 1. The largest absolute Gasteiger partial charge is 0.484 e. The fourth-order valence-electron chi connectivity index (χ4n) is 3.36. The fourth-order valence-corrected chi connectivity index (χ4v) is 3.36. The number of aromatic amines is 1. The van der Waals surface area contributed by atoms with Crippen LogP contribution < -0.4 is 4.74 Å². The number of carbonyl (C=O) groups is 2. The molecule has 2 amide bonds. The molecule has 0 spiro atoms. The highest BCUT2D eigenvalue weighted by molar-refractivity contribution is 5.95. The van der Waals surface area contributed by atoms with Gasteiger partial charge in [-0.05, 0) is 45.4 Å². The van der Waals surface area contributed by atoms with Crippen LogP contribution >= 0.6 is 0 Å². The minimum absolute atomic E-state index is 0.0210. The van der Waals surface area contributed by atoms with E-state index < -0.39 is 0 Å². The molecule has 1 N–H and O–H groups in total. The molecule has 2 aromatic rings. The quantitative estimate of drug-likeness (QED) is 0.901. The number of nitrogens with one attached hydrogen (secondary N) is 1. The second-order valence-electron chi connectivity index (χ2n) is 7.12. The van der Waals surface area contributed by atoms with Crippen LogP contribution in [-0.2, 0) is 4.79 Å². The molecule has 0 aliphatic carbocycles. The average Bonchev–Trinajstić information content (AvgIpc) is 2.85. The first-order chi connectivity index (χ1) is 12.9. The van der Waals surface area contributed by atoms with E-state index in [0.717, 1.165) is 28.9 Å². The first-order valence-electron chi connectivity index (χ1n) is 9.37. The van der Waals surface area contributed by atoms with Crippen molar-refractivity contribution in [2.45, 2.75) is 27.2 Å². The molecule has 6 heteroatoms. The van der Waals surface area contributed by atoms with Gasteiger partial charge in [0.15, 0.2) is 6.61 Å². The maximum Gasteiger partial charge on any atom is 0.260 e. The molecule has 0 bridgehead atoms. The van der Waals surface area contributed by atoms with Crippen LogP contribution in [0.4, 0.5) is 0 Å². The number of rotatable bonds is 4. The van der Waals surface area contributed by atoms with Crippen molar-refractivity contribution in [2.75, 3.05) is 32.8 Å². The molecule has 6 nitrogen and oxygen atoms in total. The Kier molecular flexibility index (Phi) is 5.84. The molecule has 2 heterocycles. The minimum Gasteiger partial charge on any atom is -0.484 e. The summed E-state index contributed by atoms with van der Waals surface area (Å²) in [4.78, 5) is 32.1. The molecule has 1 aliphatic rings. The zero-order valence-corrected chi connectivity index (χ0v) is 16.2. The second kappa shape index (κ2) is 8.29. The summed E-state index contributed by atoms with van der Waals surface area (Å²) in [5, 5.41) is 0. The first-order valence-corrected chi connectivity index (χ1v) is 9.37. The van der Waals surface area contributed by atoms with Crippen LogP contribution in [0.25, 0.3) is 0 Å². The number of aryl methyl sites for hydroxylation is 3. The van der Waals surface area contributed by atoms with Gasteiger partial charge in [-0.1, -0.05) is 17.7 Å². The van der Waals surface area contributed by atoms with Crippen LogP contribution in [0, 0.1) is 20.8 Å². The maximum absolute atomic E-state index is 12.8. The lowest BCUT2D eigenvalue weighted by Crippen LogP contribution is -2.39.